The molecule has 262 valence electrons. The monoisotopic (exact) mass is 867 g/mol. The molecule has 0 unspecified atom stereocenters. The third-order valence-corrected chi connectivity index (χ3v) is 10.3. The van der Waals surface area contributed by atoms with Gasteiger partial charge < -0.3 is 9.47 Å². The van der Waals surface area contributed by atoms with Crippen LogP contribution in [0.15, 0.2) is 140 Å². The maximum atomic E-state index is 4.98. The van der Waals surface area contributed by atoms with E-state index < -0.39 is 0 Å². The molecule has 0 radical (unpaired) electrons. The summed E-state index contributed by atoms with van der Waals surface area (Å²) in [6.45, 7) is 8.71. The smallest absolute Gasteiger partial charge is 0.188 e. The molecular formula is C47H38N5Pt-. The number of aryl methyl sites for hydroxylation is 5. The Kier molecular flexibility index (Phi) is 8.84. The van der Waals surface area contributed by atoms with E-state index in [1.165, 1.54) is 33.2 Å². The van der Waals surface area contributed by atoms with Crippen molar-refractivity contribution in [2.24, 2.45) is 7.05 Å². The maximum Gasteiger partial charge on any atom is 0.188 e. The summed E-state index contributed by atoms with van der Waals surface area (Å²) in [4.78, 5) is 7.28. The van der Waals surface area contributed by atoms with E-state index in [0.717, 1.165) is 61.6 Å². The molecule has 5 nitrogen and oxygen atoms in total. The van der Waals surface area contributed by atoms with Crippen LogP contribution in [0.3, 0.4) is 0 Å². The van der Waals surface area contributed by atoms with E-state index in [1.54, 1.807) is 0 Å². The first-order valence-corrected chi connectivity index (χ1v) is 17.7. The van der Waals surface area contributed by atoms with Gasteiger partial charge in [-0.05, 0) is 96.8 Å². The van der Waals surface area contributed by atoms with E-state index >= 15 is 0 Å². The van der Waals surface area contributed by atoms with Gasteiger partial charge in [0.05, 0.1) is 0 Å². The molecule has 9 aromatic rings. The molecule has 53 heavy (non-hydrogen) atoms. The quantitative estimate of drug-likeness (QED) is 0.156. The number of fused-ring (bicyclic) bond motifs is 4. The molecule has 0 saturated heterocycles. The van der Waals surface area contributed by atoms with Crippen LogP contribution < -0.4 is 4.90 Å². The third-order valence-electron chi connectivity index (χ3n) is 10.3. The zero-order valence-corrected chi connectivity index (χ0v) is 32.6. The number of aromatic nitrogens is 4. The Hall–Kier alpha value is -5.77. The second kappa shape index (κ2) is 13.7. The Balaban J connectivity index is 0.00000400. The normalized spacial score (nSPS) is 11.3. The number of imidazole rings is 1. The van der Waals surface area contributed by atoms with Crippen LogP contribution in [-0.4, -0.2) is 18.7 Å². The minimum absolute atomic E-state index is 0. The van der Waals surface area contributed by atoms with Gasteiger partial charge in [0.1, 0.15) is 5.82 Å². The van der Waals surface area contributed by atoms with E-state index in [-0.39, 0.29) is 21.1 Å². The van der Waals surface area contributed by atoms with Crippen molar-refractivity contribution in [2.75, 3.05) is 4.90 Å². The van der Waals surface area contributed by atoms with Gasteiger partial charge in [0.15, 0.2) is 17.4 Å². The minimum atomic E-state index is 0. The van der Waals surface area contributed by atoms with Gasteiger partial charge >= 0.3 is 0 Å². The van der Waals surface area contributed by atoms with Crippen LogP contribution in [0.25, 0.3) is 55.5 Å². The first-order valence-electron chi connectivity index (χ1n) is 17.7. The predicted octanol–water partition coefficient (Wildman–Crippen LogP) is 11.7. The third kappa shape index (κ3) is 5.77. The van der Waals surface area contributed by atoms with Gasteiger partial charge in [0, 0.05) is 63.3 Å². The molecule has 6 heteroatoms. The predicted molar refractivity (Wildman–Crippen MR) is 216 cm³/mol. The van der Waals surface area contributed by atoms with Gasteiger partial charge in [-0.3, -0.25) is 0 Å². The molecule has 0 atom stereocenters. The van der Waals surface area contributed by atoms with Gasteiger partial charge in [0.25, 0.3) is 0 Å². The Morgan fingerprint density at radius 3 is 2.00 bits per heavy atom. The number of para-hydroxylation sites is 4. The van der Waals surface area contributed by atoms with Crippen LogP contribution in [0.1, 0.15) is 22.3 Å². The largest absolute Gasteiger partial charge is 0.357 e. The fraction of sp³-hybridized carbons (Fsp3) is 0.106. The van der Waals surface area contributed by atoms with Crippen molar-refractivity contribution in [3.63, 3.8) is 0 Å². The molecule has 3 heterocycles. The van der Waals surface area contributed by atoms with Gasteiger partial charge in [-0.2, -0.15) is 12.1 Å². The van der Waals surface area contributed by atoms with Crippen molar-refractivity contribution in [3.05, 3.63) is 174 Å². The second-order valence-electron chi connectivity index (χ2n) is 13.7. The van der Waals surface area contributed by atoms with Gasteiger partial charge in [-0.25, -0.2) is 14.1 Å². The Morgan fingerprint density at radius 2 is 1.25 bits per heavy atom. The Labute approximate surface area is 324 Å². The zero-order valence-electron chi connectivity index (χ0n) is 30.3. The number of hydrogen-bond donors (Lipinski definition) is 0. The van der Waals surface area contributed by atoms with Crippen LogP contribution in [-0.2, 0) is 28.1 Å². The number of pyridine rings is 1. The van der Waals surface area contributed by atoms with E-state index in [1.807, 2.05) is 6.20 Å². The van der Waals surface area contributed by atoms with Crippen LogP contribution in [0.5, 0.6) is 0 Å². The van der Waals surface area contributed by atoms with Gasteiger partial charge in [-0.15, -0.1) is 29.7 Å². The van der Waals surface area contributed by atoms with Crippen molar-refractivity contribution >= 4 is 49.9 Å². The molecule has 0 bridgehead atoms. The van der Waals surface area contributed by atoms with E-state index in [0.29, 0.717) is 0 Å². The molecular weight excluding hydrogens is 830 g/mol. The standard InChI is InChI=1S/C47H38N5.Pt/c1-31-13-10-14-32(2)46(31)35-25-26-48-45(27-35)52-41-20-7-6-19-39(41)40-24-23-38(29-44(40)52)51(47-33(3)15-11-16-34(47)4)37-18-12-17-36(28-37)50-30-49(5)42-21-8-9-22-43(42)50;/h6-27,30H,1-5H3;/q-1;. The molecule has 0 N–H and O–H groups in total. The molecule has 0 saturated carbocycles. The zero-order chi connectivity index (χ0) is 35.5. The fourth-order valence-corrected chi connectivity index (χ4v) is 7.92. The summed E-state index contributed by atoms with van der Waals surface area (Å²) >= 11 is 0. The van der Waals surface area contributed by atoms with Crippen LogP contribution in [0.4, 0.5) is 17.1 Å². The number of nitrogens with zero attached hydrogens (tertiary/aromatic N) is 5. The first-order chi connectivity index (χ1) is 25.4. The summed E-state index contributed by atoms with van der Waals surface area (Å²) in [5.41, 5.74) is 15.5. The molecule has 3 aromatic heterocycles. The van der Waals surface area contributed by atoms with Crippen molar-refractivity contribution in [1.29, 1.82) is 0 Å². The average molecular weight is 868 g/mol. The number of benzene rings is 6. The van der Waals surface area contributed by atoms with Gasteiger partial charge in [-0.1, -0.05) is 77.6 Å². The van der Waals surface area contributed by atoms with Crippen molar-refractivity contribution in [3.8, 4) is 22.6 Å². The summed E-state index contributed by atoms with van der Waals surface area (Å²) in [6, 6.07) is 52.9. The molecule has 6 aromatic carbocycles. The maximum absolute atomic E-state index is 4.98. The molecule has 0 amide bonds. The summed E-state index contributed by atoms with van der Waals surface area (Å²) in [7, 11) is 2.08. The van der Waals surface area contributed by atoms with Crippen molar-refractivity contribution in [1.82, 2.24) is 18.7 Å². The summed E-state index contributed by atoms with van der Waals surface area (Å²) in [6.07, 6.45) is 4.05. The van der Waals surface area contributed by atoms with Crippen molar-refractivity contribution < 1.29 is 21.1 Å². The first kappa shape index (κ1) is 34.3. The number of rotatable bonds is 6. The summed E-state index contributed by atoms with van der Waals surface area (Å²) < 4.78 is 6.63. The number of hydrogen-bond acceptors (Lipinski definition) is 2. The molecule has 0 spiro atoms. The van der Waals surface area contributed by atoms with Crippen LogP contribution in [0, 0.1) is 39.8 Å². The molecule has 0 aliphatic carbocycles. The van der Waals surface area contributed by atoms with E-state index in [4.69, 9.17) is 4.98 Å². The van der Waals surface area contributed by atoms with Crippen LogP contribution in [0.2, 0.25) is 0 Å². The molecule has 0 aliphatic rings. The topological polar surface area (TPSA) is 30.9 Å². The Morgan fingerprint density at radius 1 is 0.604 bits per heavy atom. The second-order valence-corrected chi connectivity index (χ2v) is 13.7. The summed E-state index contributed by atoms with van der Waals surface area (Å²) in [5.74, 6) is 0.860. The van der Waals surface area contributed by atoms with Crippen LogP contribution >= 0.6 is 0 Å². The fourth-order valence-electron chi connectivity index (χ4n) is 7.92. The Bertz CT molecular complexity index is 2790. The molecule has 0 aliphatic heterocycles. The average Bonchev–Trinajstić information content (AvgIpc) is 3.67. The molecule has 9 rings (SSSR count). The SMILES string of the molecule is Cc1cccc(C)c1-c1ccnc(-n2c3[c-]c(N(c4[c-]c(-n5[cH+]n(C)c6ccccc65)ccc4)c4c(C)cccc4C)ccc3c3ccccc32)c1.[Pt]. The summed E-state index contributed by atoms with van der Waals surface area (Å²) in [5, 5.41) is 2.29. The van der Waals surface area contributed by atoms with E-state index in [2.05, 4.69) is 199 Å². The molecule has 0 fully saturated rings. The minimum Gasteiger partial charge on any atom is -0.357 e. The van der Waals surface area contributed by atoms with E-state index in [9.17, 15) is 0 Å². The van der Waals surface area contributed by atoms with Crippen molar-refractivity contribution in [2.45, 2.75) is 27.7 Å². The van der Waals surface area contributed by atoms with Gasteiger partial charge in [0.2, 0.25) is 0 Å². The number of anilines is 3.